The minimum absolute atomic E-state index is 0.100. The highest BCUT2D eigenvalue weighted by molar-refractivity contribution is 7.89. The molecule has 1 aromatic rings. The number of nitrogens with one attached hydrogen (secondary N) is 2. The predicted octanol–water partition coefficient (Wildman–Crippen LogP) is -0.525. The van der Waals surface area contributed by atoms with Gasteiger partial charge in [0.1, 0.15) is 4.90 Å². The molecule has 1 aromatic heterocycles. The lowest BCUT2D eigenvalue weighted by Crippen LogP contribution is -2.39. The number of aromatic amines is 1. The average molecular weight is 260 g/mol. The Morgan fingerprint density at radius 3 is 2.65 bits per heavy atom. The van der Waals surface area contributed by atoms with Crippen molar-refractivity contribution in [3.8, 4) is 0 Å². The molecule has 0 aromatic carbocycles. The van der Waals surface area contributed by atoms with E-state index in [2.05, 4.69) is 15.5 Å². The third-order valence-corrected chi connectivity index (χ3v) is 4.39. The van der Waals surface area contributed by atoms with Crippen LogP contribution in [0.3, 0.4) is 0 Å². The van der Waals surface area contributed by atoms with Gasteiger partial charge in [-0.25, -0.2) is 8.42 Å². The van der Waals surface area contributed by atoms with Crippen LogP contribution in [-0.4, -0.2) is 49.0 Å². The number of hydrogen-bond donors (Lipinski definition) is 2. The summed E-state index contributed by atoms with van der Waals surface area (Å²) in [7, 11) is -2.20. The maximum atomic E-state index is 12.2. The summed E-state index contributed by atoms with van der Waals surface area (Å²) in [4.78, 5) is 11.3. The van der Waals surface area contributed by atoms with E-state index in [9.17, 15) is 13.2 Å². The minimum atomic E-state index is -3.66. The number of sulfonamides is 1. The highest BCUT2D eigenvalue weighted by Crippen LogP contribution is 2.16. The Morgan fingerprint density at radius 2 is 2.24 bits per heavy atom. The molecule has 17 heavy (non-hydrogen) atoms. The summed E-state index contributed by atoms with van der Waals surface area (Å²) in [5.74, 6) is -0.350. The number of nitrogens with zero attached hydrogens (tertiary/aromatic N) is 2. The molecule has 1 heterocycles. The lowest BCUT2D eigenvalue weighted by Gasteiger charge is -2.18. The molecule has 0 spiro atoms. The first-order valence-electron chi connectivity index (χ1n) is 5.14. The van der Waals surface area contributed by atoms with Crippen LogP contribution in [0.25, 0.3) is 0 Å². The second-order valence-electron chi connectivity index (χ2n) is 3.46. The van der Waals surface area contributed by atoms with Crippen molar-refractivity contribution in [1.82, 2.24) is 19.8 Å². The average Bonchev–Trinajstić information content (AvgIpc) is 2.72. The summed E-state index contributed by atoms with van der Waals surface area (Å²) in [6.07, 6.45) is 1.25. The van der Waals surface area contributed by atoms with Crippen molar-refractivity contribution in [3.05, 3.63) is 11.9 Å². The second kappa shape index (κ2) is 5.28. The fraction of sp³-hybridized carbons (Fsp3) is 0.556. The molecular formula is C9H16N4O3S. The van der Waals surface area contributed by atoms with Gasteiger partial charge in [0, 0.05) is 13.6 Å². The summed E-state index contributed by atoms with van der Waals surface area (Å²) in [5, 5.41) is 8.63. The summed E-state index contributed by atoms with van der Waals surface area (Å²) in [6, 6.07) is 0. The minimum Gasteiger partial charge on any atom is -0.358 e. The smallest absolute Gasteiger partial charge is 0.246 e. The molecule has 0 saturated heterocycles. The van der Waals surface area contributed by atoms with E-state index >= 15 is 0 Å². The van der Waals surface area contributed by atoms with Gasteiger partial charge in [0.15, 0.2) is 0 Å². The van der Waals surface area contributed by atoms with Crippen molar-refractivity contribution in [2.45, 2.75) is 18.7 Å². The van der Waals surface area contributed by atoms with Gasteiger partial charge in [-0.05, 0) is 6.92 Å². The van der Waals surface area contributed by atoms with Gasteiger partial charge in [0.25, 0.3) is 0 Å². The summed E-state index contributed by atoms with van der Waals surface area (Å²) in [6.45, 7) is 3.32. The van der Waals surface area contributed by atoms with E-state index in [1.165, 1.54) is 13.2 Å². The van der Waals surface area contributed by atoms with Crippen LogP contribution in [0.2, 0.25) is 0 Å². The Balaban J connectivity index is 3.03. The standard InChI is InChI=1S/C9H16N4O3S/c1-4-13(6-9(14)10-3)17(15,16)8-5-11-12-7(8)2/h5H,4,6H2,1-3H3,(H,10,14)(H,11,12). The predicted molar refractivity (Wildman–Crippen MR) is 61.8 cm³/mol. The maximum absolute atomic E-state index is 12.2. The Labute approximate surface area is 100 Å². The highest BCUT2D eigenvalue weighted by atomic mass is 32.2. The molecule has 1 rings (SSSR count). The monoisotopic (exact) mass is 260 g/mol. The highest BCUT2D eigenvalue weighted by Gasteiger charge is 2.27. The molecule has 0 aliphatic carbocycles. The Hall–Kier alpha value is -1.41. The maximum Gasteiger partial charge on any atom is 0.246 e. The van der Waals surface area contributed by atoms with Crippen LogP contribution in [0.15, 0.2) is 11.1 Å². The number of likely N-dealkylation sites (N-methyl/N-ethyl adjacent to an activating group) is 2. The van der Waals surface area contributed by atoms with Crippen LogP contribution in [0.1, 0.15) is 12.6 Å². The Kier molecular flexibility index (Phi) is 4.24. The SMILES string of the molecule is CCN(CC(=O)NC)S(=O)(=O)c1cn[nH]c1C. The fourth-order valence-corrected chi connectivity index (χ4v) is 2.87. The van der Waals surface area contributed by atoms with E-state index in [0.717, 1.165) is 4.31 Å². The van der Waals surface area contributed by atoms with Crippen LogP contribution >= 0.6 is 0 Å². The van der Waals surface area contributed by atoms with Gasteiger partial charge in [-0.2, -0.15) is 9.40 Å². The molecule has 7 nitrogen and oxygen atoms in total. The fourth-order valence-electron chi connectivity index (χ4n) is 1.34. The molecule has 0 bridgehead atoms. The van der Waals surface area contributed by atoms with Crippen LogP contribution in [0.4, 0.5) is 0 Å². The normalized spacial score (nSPS) is 11.8. The van der Waals surface area contributed by atoms with Crippen LogP contribution in [0.5, 0.6) is 0 Å². The van der Waals surface area contributed by atoms with Gasteiger partial charge in [-0.1, -0.05) is 6.92 Å². The number of carbonyl (C=O) groups excluding carboxylic acids is 1. The van der Waals surface area contributed by atoms with Crippen LogP contribution in [-0.2, 0) is 14.8 Å². The van der Waals surface area contributed by atoms with Gasteiger partial charge in [-0.15, -0.1) is 0 Å². The van der Waals surface area contributed by atoms with Gasteiger partial charge >= 0.3 is 0 Å². The van der Waals surface area contributed by atoms with E-state index < -0.39 is 10.0 Å². The zero-order valence-electron chi connectivity index (χ0n) is 10.0. The second-order valence-corrected chi connectivity index (χ2v) is 5.37. The number of aromatic nitrogens is 2. The van der Waals surface area contributed by atoms with Crippen molar-refractivity contribution < 1.29 is 13.2 Å². The zero-order chi connectivity index (χ0) is 13.1. The van der Waals surface area contributed by atoms with E-state index in [0.29, 0.717) is 5.69 Å². The largest absolute Gasteiger partial charge is 0.358 e. The summed E-state index contributed by atoms with van der Waals surface area (Å²) in [5.41, 5.74) is 0.459. The number of rotatable bonds is 5. The molecule has 96 valence electrons. The van der Waals surface area contributed by atoms with E-state index in [4.69, 9.17) is 0 Å². The molecule has 8 heteroatoms. The van der Waals surface area contributed by atoms with Gasteiger partial charge in [0.2, 0.25) is 15.9 Å². The molecule has 0 aliphatic heterocycles. The lowest BCUT2D eigenvalue weighted by atomic mass is 10.5. The van der Waals surface area contributed by atoms with Crippen molar-refractivity contribution in [2.24, 2.45) is 0 Å². The van der Waals surface area contributed by atoms with E-state index in [1.807, 2.05) is 0 Å². The van der Waals surface area contributed by atoms with Gasteiger partial charge < -0.3 is 5.32 Å². The zero-order valence-corrected chi connectivity index (χ0v) is 10.8. The van der Waals surface area contributed by atoms with E-state index in [-0.39, 0.29) is 23.9 Å². The molecule has 2 N–H and O–H groups in total. The van der Waals surface area contributed by atoms with Crippen molar-refractivity contribution >= 4 is 15.9 Å². The molecule has 0 fully saturated rings. The summed E-state index contributed by atoms with van der Waals surface area (Å²) >= 11 is 0. The number of amides is 1. The third-order valence-electron chi connectivity index (χ3n) is 2.35. The van der Waals surface area contributed by atoms with Crippen molar-refractivity contribution in [1.29, 1.82) is 0 Å². The molecule has 0 saturated carbocycles. The van der Waals surface area contributed by atoms with Crippen LogP contribution in [0, 0.1) is 6.92 Å². The lowest BCUT2D eigenvalue weighted by molar-refractivity contribution is -0.120. The molecule has 1 amide bonds. The van der Waals surface area contributed by atoms with Crippen molar-refractivity contribution in [2.75, 3.05) is 20.1 Å². The van der Waals surface area contributed by atoms with Gasteiger partial charge in [-0.3, -0.25) is 9.89 Å². The van der Waals surface area contributed by atoms with Crippen molar-refractivity contribution in [3.63, 3.8) is 0 Å². The third kappa shape index (κ3) is 2.83. The first-order valence-corrected chi connectivity index (χ1v) is 6.58. The number of carbonyl (C=O) groups is 1. The molecular weight excluding hydrogens is 244 g/mol. The molecule has 0 radical (unpaired) electrons. The van der Waals surface area contributed by atoms with E-state index in [1.54, 1.807) is 13.8 Å². The van der Waals surface area contributed by atoms with Crippen LogP contribution < -0.4 is 5.32 Å². The first kappa shape index (κ1) is 13.7. The topological polar surface area (TPSA) is 95.2 Å². The Morgan fingerprint density at radius 1 is 1.59 bits per heavy atom. The number of H-pyrrole nitrogens is 1. The number of aryl methyl sites for hydroxylation is 1. The molecule has 0 atom stereocenters. The Bertz CT molecular complexity index is 494. The van der Waals surface area contributed by atoms with Gasteiger partial charge in [0.05, 0.1) is 18.4 Å². The quantitative estimate of drug-likeness (QED) is 0.744. The molecule has 0 aliphatic rings. The first-order chi connectivity index (χ1) is 7.93. The summed E-state index contributed by atoms with van der Waals surface area (Å²) < 4.78 is 25.5. The number of hydrogen-bond acceptors (Lipinski definition) is 4. The molecule has 0 unspecified atom stereocenters.